The molecule has 23 heavy (non-hydrogen) atoms. The van der Waals surface area contributed by atoms with Crippen LogP contribution in [0.4, 0.5) is 0 Å². The Morgan fingerprint density at radius 3 is 0.783 bits per heavy atom. The summed E-state index contributed by atoms with van der Waals surface area (Å²) < 4.78 is 0. The Bertz CT molecular complexity index is 102. The molecule has 4 nitrogen and oxygen atoms in total. The Hall–Kier alpha value is 0.554. The van der Waals surface area contributed by atoms with E-state index >= 15 is 0 Å². The van der Waals surface area contributed by atoms with Crippen molar-refractivity contribution in [1.29, 1.82) is 0 Å². The van der Waals surface area contributed by atoms with Crippen molar-refractivity contribution in [3.8, 4) is 0 Å². The van der Waals surface area contributed by atoms with E-state index in [-0.39, 0.29) is 27.8 Å². The minimum atomic E-state index is -0.167. The molecule has 0 fully saturated rings. The summed E-state index contributed by atoms with van der Waals surface area (Å²) in [5, 5.41) is 32.6. The summed E-state index contributed by atoms with van der Waals surface area (Å²) in [5.74, 6) is 0. The first-order valence-corrected chi connectivity index (χ1v) is 8.98. The molecule has 0 unspecified atom stereocenters. The Kier molecular flexibility index (Phi) is 65.5. The van der Waals surface area contributed by atoms with Crippen LogP contribution in [0.5, 0.6) is 0 Å². The molecule has 0 atom stereocenters. The van der Waals surface area contributed by atoms with Gasteiger partial charge in [0, 0.05) is 47.6 Å². The fourth-order valence-electron chi connectivity index (χ4n) is 1.09. The molecule has 0 amide bonds. The summed E-state index contributed by atoms with van der Waals surface area (Å²) >= 11 is 0. The van der Waals surface area contributed by atoms with Crippen LogP contribution < -0.4 is 0 Å². The molecule has 5 heteroatoms. The molecule has 0 bridgehead atoms. The molecule has 0 aromatic carbocycles. The maximum absolute atomic E-state index is 8.20. The van der Waals surface area contributed by atoms with Crippen LogP contribution in [-0.4, -0.2) is 46.4 Å². The fraction of sp³-hybridized carbons (Fsp3) is 1.00. The number of hydrogen-bond donors (Lipinski definition) is 4. The molecule has 0 aliphatic rings. The van der Waals surface area contributed by atoms with Gasteiger partial charge in [0.05, 0.1) is 0 Å². The van der Waals surface area contributed by atoms with E-state index in [9.17, 15) is 0 Å². The maximum Gasteiger partial charge on any atom is 0.0483 e. The number of unbranched alkanes of at least 4 members (excludes halogenated alkanes) is 6. The molecular weight excluding hydrogens is 328 g/mol. The second-order valence-corrected chi connectivity index (χ2v) is 5.39. The van der Waals surface area contributed by atoms with Crippen LogP contribution in [0.15, 0.2) is 0 Å². The first-order chi connectivity index (χ1) is 10.5. The van der Waals surface area contributed by atoms with E-state index in [0.717, 1.165) is 38.5 Å². The van der Waals surface area contributed by atoms with E-state index in [4.69, 9.17) is 20.4 Å². The van der Waals surface area contributed by atoms with Crippen LogP contribution in [0.1, 0.15) is 92.4 Å². The smallest absolute Gasteiger partial charge is 0.0483 e. The van der Waals surface area contributed by atoms with Crippen molar-refractivity contribution >= 4 is 0 Å². The Morgan fingerprint density at radius 2 is 0.739 bits per heavy atom. The quantitative estimate of drug-likeness (QED) is 0.366. The zero-order valence-corrected chi connectivity index (χ0v) is 17.9. The van der Waals surface area contributed by atoms with Gasteiger partial charge in [0.2, 0.25) is 0 Å². The predicted molar refractivity (Wildman–Crippen MR) is 97.2 cm³/mol. The molecule has 0 saturated carbocycles. The van der Waals surface area contributed by atoms with E-state index < -0.39 is 0 Å². The average Bonchev–Trinajstić information content (AvgIpc) is 2.49. The van der Waals surface area contributed by atoms with E-state index in [1.54, 1.807) is 13.8 Å². The largest absolute Gasteiger partial charge is 0.396 e. The van der Waals surface area contributed by atoms with Gasteiger partial charge in [0.1, 0.15) is 0 Å². The molecule has 0 radical (unpaired) electrons. The topological polar surface area (TPSA) is 80.9 Å². The monoisotopic (exact) mass is 372 g/mol. The first-order valence-electron chi connectivity index (χ1n) is 8.98. The summed E-state index contributed by atoms with van der Waals surface area (Å²) in [6.45, 7) is 10.9. The van der Waals surface area contributed by atoms with Gasteiger partial charge in [0.25, 0.3) is 0 Å². The van der Waals surface area contributed by atoms with E-state index in [2.05, 4.69) is 20.8 Å². The van der Waals surface area contributed by atoms with Gasteiger partial charge in [-0.2, -0.15) is 0 Å². The van der Waals surface area contributed by atoms with Crippen molar-refractivity contribution in [2.24, 2.45) is 0 Å². The third-order valence-corrected chi connectivity index (χ3v) is 2.29. The van der Waals surface area contributed by atoms with Crippen LogP contribution in [0, 0.1) is 0 Å². The Balaban J connectivity index is -0.0000000624. The summed E-state index contributed by atoms with van der Waals surface area (Å²) in [6, 6.07) is 0. The zero-order chi connectivity index (χ0) is 18.1. The Morgan fingerprint density at radius 1 is 0.565 bits per heavy atom. The minimum absolute atomic E-state index is 0. The van der Waals surface area contributed by atoms with Crippen molar-refractivity contribution in [3.05, 3.63) is 0 Å². The molecule has 0 heterocycles. The van der Waals surface area contributed by atoms with E-state index in [1.807, 2.05) is 0 Å². The van der Waals surface area contributed by atoms with Gasteiger partial charge < -0.3 is 20.4 Å². The van der Waals surface area contributed by atoms with Crippen LogP contribution >= 0.6 is 0 Å². The zero-order valence-electron chi connectivity index (χ0n) is 16.4. The van der Waals surface area contributed by atoms with Gasteiger partial charge in [-0.25, -0.2) is 0 Å². The molecule has 0 saturated heterocycles. The van der Waals surface area contributed by atoms with Gasteiger partial charge in [-0.3, -0.25) is 0 Å². The van der Waals surface area contributed by atoms with Crippen LogP contribution in [0.3, 0.4) is 0 Å². The molecule has 0 aromatic rings. The minimum Gasteiger partial charge on any atom is -0.396 e. The van der Waals surface area contributed by atoms with Crippen molar-refractivity contribution in [2.75, 3.05) is 19.8 Å². The normalized spacial score (nSPS) is 8.61. The van der Waals surface area contributed by atoms with Crippen molar-refractivity contribution < 1.29 is 42.1 Å². The van der Waals surface area contributed by atoms with Gasteiger partial charge in [-0.15, -0.1) is 0 Å². The summed E-state index contributed by atoms with van der Waals surface area (Å²) in [4.78, 5) is 0. The van der Waals surface area contributed by atoms with Crippen LogP contribution in [0.2, 0.25) is 0 Å². The third kappa shape index (κ3) is 104. The second kappa shape index (κ2) is 43.3. The number of aliphatic hydroxyl groups excluding tert-OH is 4. The number of rotatable bonds is 9. The van der Waals surface area contributed by atoms with E-state index in [0.29, 0.717) is 19.8 Å². The molecule has 4 N–H and O–H groups in total. The molecule has 0 spiro atoms. The molecule has 0 aromatic heterocycles. The van der Waals surface area contributed by atoms with E-state index in [1.165, 1.54) is 19.3 Å². The molecular formula is C18H44O4Ti. The second-order valence-electron chi connectivity index (χ2n) is 5.39. The SMILES string of the molecule is CC(C)O.CCCCCO.CCCCCO.CCCCCO.[Ti]. The molecule has 144 valence electrons. The van der Waals surface area contributed by atoms with Crippen molar-refractivity contribution in [1.82, 2.24) is 0 Å². The number of aliphatic hydroxyl groups is 4. The van der Waals surface area contributed by atoms with Crippen LogP contribution in [-0.2, 0) is 21.7 Å². The number of hydrogen-bond acceptors (Lipinski definition) is 4. The summed E-state index contributed by atoms with van der Waals surface area (Å²) in [7, 11) is 0. The standard InChI is InChI=1S/3C5H12O.C3H8O.Ti/c3*1-2-3-4-5-6;1-3(2)4;/h3*6H,2-5H2,1H3;3-4H,1-2H3;. The van der Waals surface area contributed by atoms with Gasteiger partial charge >= 0.3 is 0 Å². The third-order valence-electron chi connectivity index (χ3n) is 2.29. The van der Waals surface area contributed by atoms with Gasteiger partial charge in [-0.05, 0) is 33.1 Å². The molecule has 0 aliphatic carbocycles. The van der Waals surface area contributed by atoms with Crippen molar-refractivity contribution in [2.45, 2.75) is 98.5 Å². The molecule has 0 rings (SSSR count). The molecule has 0 aliphatic heterocycles. The first kappa shape index (κ1) is 34.8. The van der Waals surface area contributed by atoms with Gasteiger partial charge in [-0.1, -0.05) is 59.3 Å². The van der Waals surface area contributed by atoms with Crippen molar-refractivity contribution in [3.63, 3.8) is 0 Å². The fourth-order valence-corrected chi connectivity index (χ4v) is 1.09. The summed E-state index contributed by atoms with van der Waals surface area (Å²) in [5.41, 5.74) is 0. The summed E-state index contributed by atoms with van der Waals surface area (Å²) in [6.07, 6.45) is 9.81. The Labute approximate surface area is 160 Å². The maximum atomic E-state index is 8.20. The van der Waals surface area contributed by atoms with Crippen LogP contribution in [0.25, 0.3) is 0 Å². The van der Waals surface area contributed by atoms with Gasteiger partial charge in [0.15, 0.2) is 0 Å². The predicted octanol–water partition coefficient (Wildman–Crippen LogP) is 3.89. The average molecular weight is 372 g/mol.